The van der Waals surface area contributed by atoms with Gasteiger partial charge in [-0.15, -0.1) is 0 Å². The molecule has 25 heavy (non-hydrogen) atoms. The maximum absolute atomic E-state index is 12.6. The van der Waals surface area contributed by atoms with Crippen molar-refractivity contribution in [2.45, 2.75) is 44.6 Å². The van der Waals surface area contributed by atoms with Crippen LogP contribution in [0.2, 0.25) is 0 Å². The van der Waals surface area contributed by atoms with Gasteiger partial charge in [0.1, 0.15) is 0 Å². The lowest BCUT2D eigenvalue weighted by Gasteiger charge is -2.40. The molecule has 0 saturated carbocycles. The highest BCUT2D eigenvalue weighted by Crippen LogP contribution is 2.22. The second kappa shape index (κ2) is 6.86. The van der Waals surface area contributed by atoms with E-state index in [4.69, 9.17) is 0 Å². The molecule has 6 nitrogen and oxygen atoms in total. The highest BCUT2D eigenvalue weighted by Gasteiger charge is 2.30. The van der Waals surface area contributed by atoms with Crippen LogP contribution in [0.15, 0.2) is 24.4 Å². The largest absolute Gasteiger partial charge is 0.342 e. The zero-order chi connectivity index (χ0) is 17.2. The standard InChI is InChI=1S/C19H24N4O2/c24-18-3-1-2-8-23(18)16-6-9-22(10-7-16)19(25)12-14-4-5-15-13-20-21-17(15)11-14/h4-5,11,13,16H,1-3,6-10,12H2,(H,20,21). The summed E-state index contributed by atoms with van der Waals surface area (Å²) in [6, 6.07) is 6.31. The third-order valence-electron chi connectivity index (χ3n) is 5.48. The van der Waals surface area contributed by atoms with Crippen LogP contribution in [0.1, 0.15) is 37.7 Å². The maximum Gasteiger partial charge on any atom is 0.226 e. The summed E-state index contributed by atoms with van der Waals surface area (Å²) in [7, 11) is 0. The number of nitrogens with zero attached hydrogens (tertiary/aromatic N) is 3. The van der Waals surface area contributed by atoms with Crippen molar-refractivity contribution >= 4 is 22.7 Å². The van der Waals surface area contributed by atoms with Gasteiger partial charge in [-0.25, -0.2) is 0 Å². The van der Waals surface area contributed by atoms with Crippen LogP contribution in [-0.2, 0) is 16.0 Å². The summed E-state index contributed by atoms with van der Waals surface area (Å²) in [4.78, 5) is 28.7. The number of carbonyl (C=O) groups excluding carboxylic acids is 2. The summed E-state index contributed by atoms with van der Waals surface area (Å²) < 4.78 is 0. The molecule has 0 spiro atoms. The van der Waals surface area contributed by atoms with Crippen molar-refractivity contribution in [2.75, 3.05) is 19.6 Å². The van der Waals surface area contributed by atoms with E-state index < -0.39 is 0 Å². The molecule has 0 aliphatic carbocycles. The fourth-order valence-electron chi connectivity index (χ4n) is 4.02. The smallest absolute Gasteiger partial charge is 0.226 e. The lowest BCUT2D eigenvalue weighted by molar-refractivity contribution is -0.138. The molecule has 1 aromatic carbocycles. The molecule has 2 saturated heterocycles. The second-order valence-electron chi connectivity index (χ2n) is 7.12. The first-order valence-electron chi connectivity index (χ1n) is 9.20. The molecular weight excluding hydrogens is 316 g/mol. The maximum atomic E-state index is 12.6. The van der Waals surface area contributed by atoms with E-state index in [1.807, 2.05) is 23.1 Å². The Balaban J connectivity index is 1.33. The minimum atomic E-state index is 0.169. The Hall–Kier alpha value is -2.37. The summed E-state index contributed by atoms with van der Waals surface area (Å²) >= 11 is 0. The number of fused-ring (bicyclic) bond motifs is 1. The molecule has 0 radical (unpaired) electrons. The molecule has 2 fully saturated rings. The third-order valence-corrected chi connectivity index (χ3v) is 5.48. The van der Waals surface area contributed by atoms with Crippen LogP contribution in [0.5, 0.6) is 0 Å². The quantitative estimate of drug-likeness (QED) is 0.930. The zero-order valence-electron chi connectivity index (χ0n) is 14.4. The average molecular weight is 340 g/mol. The Kier molecular flexibility index (Phi) is 4.42. The number of likely N-dealkylation sites (tertiary alicyclic amines) is 2. The Morgan fingerprint density at radius 1 is 1.20 bits per heavy atom. The number of carbonyl (C=O) groups is 2. The number of nitrogens with one attached hydrogen (secondary N) is 1. The number of piperidine rings is 2. The number of benzene rings is 1. The van der Waals surface area contributed by atoms with Crippen molar-refractivity contribution in [1.82, 2.24) is 20.0 Å². The summed E-state index contributed by atoms with van der Waals surface area (Å²) in [6.07, 6.45) is 6.83. The predicted octanol–water partition coefficient (Wildman–Crippen LogP) is 2.11. The molecule has 3 heterocycles. The Bertz CT molecular complexity index is 777. The van der Waals surface area contributed by atoms with E-state index in [1.165, 1.54) is 0 Å². The molecule has 1 aromatic heterocycles. The van der Waals surface area contributed by atoms with E-state index in [9.17, 15) is 9.59 Å². The van der Waals surface area contributed by atoms with Crippen LogP contribution in [0, 0.1) is 0 Å². The summed E-state index contributed by atoms with van der Waals surface area (Å²) in [5.74, 6) is 0.464. The van der Waals surface area contributed by atoms with Gasteiger partial charge in [0.25, 0.3) is 0 Å². The Morgan fingerprint density at radius 2 is 2.04 bits per heavy atom. The van der Waals surface area contributed by atoms with Gasteiger partial charge in [-0.1, -0.05) is 12.1 Å². The zero-order valence-corrected chi connectivity index (χ0v) is 14.4. The molecule has 2 amide bonds. The molecule has 0 unspecified atom stereocenters. The van der Waals surface area contributed by atoms with Crippen molar-refractivity contribution in [3.8, 4) is 0 Å². The highest BCUT2D eigenvalue weighted by atomic mass is 16.2. The van der Waals surface area contributed by atoms with Gasteiger partial charge in [0.2, 0.25) is 11.8 Å². The van der Waals surface area contributed by atoms with Crippen LogP contribution >= 0.6 is 0 Å². The first-order chi connectivity index (χ1) is 12.2. The Morgan fingerprint density at radius 3 is 2.84 bits per heavy atom. The van der Waals surface area contributed by atoms with Crippen molar-refractivity contribution in [3.05, 3.63) is 30.0 Å². The number of H-pyrrole nitrogens is 1. The van der Waals surface area contributed by atoms with Gasteiger partial charge in [0.05, 0.1) is 18.1 Å². The SMILES string of the molecule is O=C(Cc1ccc2cn[nH]c2c1)N1CCC(N2CCCCC2=O)CC1. The minimum Gasteiger partial charge on any atom is -0.342 e. The van der Waals surface area contributed by atoms with Crippen molar-refractivity contribution in [2.24, 2.45) is 0 Å². The van der Waals surface area contributed by atoms with Crippen LogP contribution in [-0.4, -0.2) is 57.5 Å². The summed E-state index contributed by atoms with van der Waals surface area (Å²) in [6.45, 7) is 2.39. The van der Waals surface area contributed by atoms with Crippen LogP contribution in [0.4, 0.5) is 0 Å². The fraction of sp³-hybridized carbons (Fsp3) is 0.526. The third kappa shape index (κ3) is 3.38. The lowest BCUT2D eigenvalue weighted by Crippen LogP contribution is -2.50. The van der Waals surface area contributed by atoms with Crippen LogP contribution < -0.4 is 0 Å². The molecule has 6 heteroatoms. The average Bonchev–Trinajstić information content (AvgIpc) is 3.10. The number of hydrogen-bond acceptors (Lipinski definition) is 3. The molecule has 132 valence electrons. The van der Waals surface area contributed by atoms with Crippen molar-refractivity contribution < 1.29 is 9.59 Å². The van der Waals surface area contributed by atoms with Crippen molar-refractivity contribution in [1.29, 1.82) is 0 Å². The van der Waals surface area contributed by atoms with Gasteiger partial charge in [-0.05, 0) is 37.3 Å². The molecular formula is C19H24N4O2. The summed E-state index contributed by atoms with van der Waals surface area (Å²) in [5, 5.41) is 8.02. The normalized spacial score (nSPS) is 19.6. The summed E-state index contributed by atoms with van der Waals surface area (Å²) in [5.41, 5.74) is 1.97. The molecule has 2 aromatic rings. The number of hydrogen-bond donors (Lipinski definition) is 1. The number of aromatic nitrogens is 2. The highest BCUT2D eigenvalue weighted by molar-refractivity contribution is 5.83. The molecule has 1 N–H and O–H groups in total. The molecule has 0 bridgehead atoms. The first-order valence-corrected chi connectivity index (χ1v) is 9.20. The molecule has 2 aliphatic rings. The van der Waals surface area contributed by atoms with Gasteiger partial charge >= 0.3 is 0 Å². The van der Waals surface area contributed by atoms with E-state index >= 15 is 0 Å². The minimum absolute atomic E-state index is 0.169. The molecule has 2 aliphatic heterocycles. The van der Waals surface area contributed by atoms with Gasteiger partial charge in [-0.2, -0.15) is 5.10 Å². The van der Waals surface area contributed by atoms with E-state index in [0.29, 0.717) is 24.8 Å². The van der Waals surface area contributed by atoms with Gasteiger partial charge in [0.15, 0.2) is 0 Å². The molecule has 4 rings (SSSR count). The van der Waals surface area contributed by atoms with E-state index in [0.717, 1.165) is 61.8 Å². The lowest BCUT2D eigenvalue weighted by atomic mass is 9.99. The van der Waals surface area contributed by atoms with Crippen LogP contribution in [0.25, 0.3) is 10.9 Å². The monoisotopic (exact) mass is 340 g/mol. The van der Waals surface area contributed by atoms with E-state index in [1.54, 1.807) is 6.20 Å². The van der Waals surface area contributed by atoms with E-state index in [-0.39, 0.29) is 5.91 Å². The first kappa shape index (κ1) is 16.1. The van der Waals surface area contributed by atoms with Gasteiger partial charge < -0.3 is 9.80 Å². The topological polar surface area (TPSA) is 69.3 Å². The van der Waals surface area contributed by atoms with Gasteiger partial charge in [0, 0.05) is 37.5 Å². The second-order valence-corrected chi connectivity index (χ2v) is 7.12. The van der Waals surface area contributed by atoms with Crippen LogP contribution in [0.3, 0.4) is 0 Å². The fourth-order valence-corrected chi connectivity index (χ4v) is 4.02. The van der Waals surface area contributed by atoms with Gasteiger partial charge in [-0.3, -0.25) is 14.7 Å². The molecule has 0 atom stereocenters. The predicted molar refractivity (Wildman–Crippen MR) is 95.0 cm³/mol. The van der Waals surface area contributed by atoms with Crippen molar-refractivity contribution in [3.63, 3.8) is 0 Å². The number of rotatable bonds is 3. The Labute approximate surface area is 147 Å². The number of amides is 2. The number of aromatic amines is 1. The van der Waals surface area contributed by atoms with E-state index in [2.05, 4.69) is 15.1 Å².